The van der Waals surface area contributed by atoms with Gasteiger partial charge in [0, 0.05) is 12.0 Å². The number of aliphatic hydroxyl groups is 1. The summed E-state index contributed by atoms with van der Waals surface area (Å²) < 4.78 is 22.4. The van der Waals surface area contributed by atoms with Crippen LogP contribution in [0.4, 0.5) is 4.39 Å². The van der Waals surface area contributed by atoms with Gasteiger partial charge >= 0.3 is 5.97 Å². The summed E-state index contributed by atoms with van der Waals surface area (Å²) in [6.07, 6.45) is 6.42. The third kappa shape index (κ3) is 4.78. The van der Waals surface area contributed by atoms with Crippen LogP contribution in [0.2, 0.25) is 19.6 Å². The second kappa shape index (κ2) is 9.69. The van der Waals surface area contributed by atoms with E-state index in [2.05, 4.69) is 40.4 Å². The molecule has 0 aliphatic heterocycles. The van der Waals surface area contributed by atoms with Gasteiger partial charge in [-0.1, -0.05) is 27.7 Å². The highest BCUT2D eigenvalue weighted by Gasteiger charge is 2.65. The fourth-order valence-electron chi connectivity index (χ4n) is 9.80. The van der Waals surface area contributed by atoms with Gasteiger partial charge in [0.2, 0.25) is 0 Å². The molecule has 35 heavy (non-hydrogen) atoms. The molecule has 202 valence electrons. The molecule has 4 saturated carbocycles. The zero-order valence-electron chi connectivity index (χ0n) is 23.2. The topological polar surface area (TPSA) is 66.8 Å². The summed E-state index contributed by atoms with van der Waals surface area (Å²) in [5.41, 5.74) is 0.134. The van der Waals surface area contributed by atoms with Gasteiger partial charge in [0.25, 0.3) is 0 Å². The molecule has 0 amide bonds. The van der Waals surface area contributed by atoms with Gasteiger partial charge < -0.3 is 14.6 Å². The molecule has 0 saturated heterocycles. The fourth-order valence-corrected chi connectivity index (χ4v) is 11.0. The number of carboxylic acids is 1. The summed E-state index contributed by atoms with van der Waals surface area (Å²) in [4.78, 5) is 11.8. The van der Waals surface area contributed by atoms with Crippen molar-refractivity contribution in [1.82, 2.24) is 0 Å². The Morgan fingerprint density at radius 1 is 1.06 bits per heavy atom. The highest BCUT2D eigenvalue weighted by atomic mass is 28.4. The molecule has 12 atom stereocenters. The van der Waals surface area contributed by atoms with Crippen LogP contribution < -0.4 is 0 Å². The molecular weight excluding hydrogens is 459 g/mol. The Balaban J connectivity index is 1.65. The van der Waals surface area contributed by atoms with E-state index in [1.807, 2.05) is 6.92 Å². The van der Waals surface area contributed by atoms with Gasteiger partial charge in [-0.3, -0.25) is 4.79 Å². The van der Waals surface area contributed by atoms with Gasteiger partial charge in [-0.2, -0.15) is 0 Å². The van der Waals surface area contributed by atoms with Crippen molar-refractivity contribution in [2.75, 3.05) is 0 Å². The van der Waals surface area contributed by atoms with Crippen LogP contribution in [0.5, 0.6) is 0 Å². The van der Waals surface area contributed by atoms with E-state index in [-0.39, 0.29) is 28.8 Å². The molecule has 4 rings (SSSR count). The normalized spacial score (nSPS) is 47.3. The van der Waals surface area contributed by atoms with E-state index in [9.17, 15) is 15.0 Å². The molecule has 2 N–H and O–H groups in total. The first kappa shape index (κ1) is 27.6. The first-order valence-electron chi connectivity index (χ1n) is 14.5. The number of halogens is 1. The van der Waals surface area contributed by atoms with E-state index in [1.165, 1.54) is 12.8 Å². The first-order valence-corrected chi connectivity index (χ1v) is 17.9. The number of aliphatic carboxylic acids is 1. The standard InChI is InChI=1S/C29H51FO4Si/c1-8-18(27(32)33)15-17(2)19-9-10-20-25-21(11-13-28(19,20)3)29(4)14-12-23(31)26(30)22(29)16-24(25)34-35(5,6)7/h17-26,31H,8-16H2,1-7H3,(H,32,33)/t17?,18?,19-,20+,21+,22-,23-,24-,25+,26-,28-,29-/m1/s1. The third-order valence-electron chi connectivity index (χ3n) is 11.4. The van der Waals surface area contributed by atoms with E-state index in [4.69, 9.17) is 4.43 Å². The van der Waals surface area contributed by atoms with Gasteiger partial charge in [-0.05, 0) is 118 Å². The fraction of sp³-hybridized carbons (Fsp3) is 0.966. The molecule has 4 aliphatic carbocycles. The van der Waals surface area contributed by atoms with Crippen molar-refractivity contribution in [1.29, 1.82) is 0 Å². The van der Waals surface area contributed by atoms with Crippen LogP contribution >= 0.6 is 0 Å². The Bertz CT molecular complexity index is 785. The molecule has 0 radical (unpaired) electrons. The number of fused-ring (bicyclic) bond motifs is 5. The average Bonchev–Trinajstić information content (AvgIpc) is 3.12. The van der Waals surface area contributed by atoms with Crippen molar-refractivity contribution < 1.29 is 23.8 Å². The Morgan fingerprint density at radius 3 is 2.29 bits per heavy atom. The molecule has 0 heterocycles. The summed E-state index contributed by atoms with van der Waals surface area (Å²) in [7, 11) is -1.84. The highest BCUT2D eigenvalue weighted by molar-refractivity contribution is 6.69. The predicted octanol–water partition coefficient (Wildman–Crippen LogP) is 6.92. The minimum Gasteiger partial charge on any atom is -0.481 e. The lowest BCUT2D eigenvalue weighted by Crippen LogP contribution is -2.62. The Morgan fingerprint density at radius 2 is 1.69 bits per heavy atom. The van der Waals surface area contributed by atoms with Gasteiger partial charge in [0.15, 0.2) is 8.32 Å². The molecule has 6 heteroatoms. The predicted molar refractivity (Wildman–Crippen MR) is 140 cm³/mol. The Labute approximate surface area is 213 Å². The Hall–Kier alpha value is -0.463. The number of rotatable bonds is 7. The maximum atomic E-state index is 15.5. The van der Waals surface area contributed by atoms with Crippen LogP contribution in [0.15, 0.2) is 0 Å². The molecular formula is C29H51FO4Si. The second-order valence-corrected chi connectivity index (χ2v) is 18.8. The van der Waals surface area contributed by atoms with Crippen LogP contribution in [0.1, 0.15) is 85.5 Å². The van der Waals surface area contributed by atoms with Crippen LogP contribution in [0.3, 0.4) is 0 Å². The molecule has 0 spiro atoms. The number of alkyl halides is 1. The molecule has 0 aromatic carbocycles. The Kier molecular flexibility index (Phi) is 7.63. The number of hydrogen-bond acceptors (Lipinski definition) is 3. The molecule has 4 nitrogen and oxygen atoms in total. The van der Waals surface area contributed by atoms with Gasteiger partial charge in [0.1, 0.15) is 6.17 Å². The van der Waals surface area contributed by atoms with Crippen molar-refractivity contribution >= 4 is 14.3 Å². The number of carboxylic acid groups (broad SMARTS) is 1. The van der Waals surface area contributed by atoms with Crippen molar-refractivity contribution in [2.24, 2.45) is 52.3 Å². The van der Waals surface area contributed by atoms with Crippen molar-refractivity contribution in [3.8, 4) is 0 Å². The molecule has 2 unspecified atom stereocenters. The smallest absolute Gasteiger partial charge is 0.306 e. The van der Waals surface area contributed by atoms with E-state index < -0.39 is 26.6 Å². The van der Waals surface area contributed by atoms with E-state index in [0.717, 1.165) is 32.1 Å². The third-order valence-corrected chi connectivity index (χ3v) is 12.4. The zero-order valence-corrected chi connectivity index (χ0v) is 24.2. The summed E-state index contributed by atoms with van der Waals surface area (Å²) in [5.74, 6) is 1.37. The monoisotopic (exact) mass is 510 g/mol. The summed E-state index contributed by atoms with van der Waals surface area (Å²) in [5, 5.41) is 20.1. The van der Waals surface area contributed by atoms with Crippen LogP contribution in [0, 0.1) is 52.3 Å². The minimum absolute atomic E-state index is 0.0652. The largest absolute Gasteiger partial charge is 0.481 e. The van der Waals surface area contributed by atoms with Crippen molar-refractivity contribution in [3.05, 3.63) is 0 Å². The molecule has 0 aromatic rings. The lowest BCUT2D eigenvalue weighted by molar-refractivity contribution is -0.190. The first-order chi connectivity index (χ1) is 16.2. The van der Waals surface area contributed by atoms with Crippen LogP contribution in [-0.2, 0) is 9.22 Å². The van der Waals surface area contributed by atoms with E-state index >= 15 is 4.39 Å². The molecule has 4 fully saturated rings. The zero-order chi connectivity index (χ0) is 25.9. The van der Waals surface area contributed by atoms with Gasteiger partial charge in [-0.25, -0.2) is 4.39 Å². The van der Waals surface area contributed by atoms with E-state index in [0.29, 0.717) is 42.4 Å². The highest BCUT2D eigenvalue weighted by Crippen LogP contribution is 2.69. The van der Waals surface area contributed by atoms with Crippen LogP contribution in [-0.4, -0.2) is 42.9 Å². The van der Waals surface area contributed by atoms with E-state index in [1.54, 1.807) is 0 Å². The lowest BCUT2D eigenvalue weighted by Gasteiger charge is -2.64. The maximum absolute atomic E-state index is 15.5. The lowest BCUT2D eigenvalue weighted by atomic mass is 9.43. The average molecular weight is 511 g/mol. The van der Waals surface area contributed by atoms with Crippen LogP contribution in [0.25, 0.3) is 0 Å². The maximum Gasteiger partial charge on any atom is 0.306 e. The molecule has 0 bridgehead atoms. The number of hydrogen-bond donors (Lipinski definition) is 2. The minimum atomic E-state index is -1.84. The quantitative estimate of drug-likeness (QED) is 0.365. The summed E-state index contributed by atoms with van der Waals surface area (Å²) in [6, 6.07) is 0. The molecule has 4 aliphatic rings. The van der Waals surface area contributed by atoms with Gasteiger partial charge in [0.05, 0.1) is 12.0 Å². The molecule has 0 aromatic heterocycles. The van der Waals surface area contributed by atoms with Crippen molar-refractivity contribution in [3.63, 3.8) is 0 Å². The SMILES string of the molecule is CCC(CC(C)[C@H]1CC[C@H]2[C@@H]3[C@H](O[Si](C)(C)C)C[C@@H]4[C@@H](F)[C@H](O)CC[C@]4(C)[C@H]3CC[C@]12C)C(=O)O. The van der Waals surface area contributed by atoms with Crippen molar-refractivity contribution in [2.45, 2.75) is 124 Å². The number of aliphatic hydroxyl groups excluding tert-OH is 1. The van der Waals surface area contributed by atoms with Gasteiger partial charge in [-0.15, -0.1) is 0 Å². The number of carbonyl (C=O) groups is 1. The second-order valence-electron chi connectivity index (χ2n) is 14.3. The summed E-state index contributed by atoms with van der Waals surface area (Å²) >= 11 is 0. The summed E-state index contributed by atoms with van der Waals surface area (Å²) in [6.45, 7) is 15.8.